The molecule has 2 N–H and O–H groups in total. The summed E-state index contributed by atoms with van der Waals surface area (Å²) in [6.07, 6.45) is -0.159. The van der Waals surface area contributed by atoms with E-state index in [0.29, 0.717) is 36.5 Å². The molecule has 1 saturated carbocycles. The molecule has 1 aromatic rings. The first-order chi connectivity index (χ1) is 9.00. The van der Waals surface area contributed by atoms with Crippen LogP contribution in [0.15, 0.2) is 0 Å². The molecule has 108 valence electrons. The van der Waals surface area contributed by atoms with Crippen molar-refractivity contribution in [2.24, 2.45) is 17.6 Å². The molecular formula is C11H16F3N3OS. The molecule has 2 atom stereocenters. The molecule has 2 rings (SSSR count). The SMILES string of the molecule is NCC1CCCCC1COc1nc(C(F)(F)F)ns1. The van der Waals surface area contributed by atoms with E-state index in [0.717, 1.165) is 25.7 Å². The lowest BCUT2D eigenvalue weighted by atomic mass is 9.80. The number of hydrogen-bond donors (Lipinski definition) is 1. The minimum Gasteiger partial charge on any atom is -0.469 e. The number of ether oxygens (including phenoxy) is 1. The predicted octanol–water partition coefficient (Wildman–Crippen LogP) is 2.70. The highest BCUT2D eigenvalue weighted by atomic mass is 32.1. The number of alkyl halides is 3. The van der Waals surface area contributed by atoms with Crippen LogP contribution in [0.5, 0.6) is 5.19 Å². The number of rotatable bonds is 4. The van der Waals surface area contributed by atoms with Gasteiger partial charge >= 0.3 is 6.18 Å². The van der Waals surface area contributed by atoms with Crippen LogP contribution in [0, 0.1) is 11.8 Å². The van der Waals surface area contributed by atoms with Crippen molar-refractivity contribution in [3.63, 3.8) is 0 Å². The van der Waals surface area contributed by atoms with Gasteiger partial charge in [0.1, 0.15) is 0 Å². The second-order valence-corrected chi connectivity index (χ2v) is 5.45. The monoisotopic (exact) mass is 295 g/mol. The van der Waals surface area contributed by atoms with Gasteiger partial charge in [0.15, 0.2) is 0 Å². The number of hydrogen-bond acceptors (Lipinski definition) is 5. The molecule has 4 nitrogen and oxygen atoms in total. The third-order valence-corrected chi connectivity index (χ3v) is 4.08. The summed E-state index contributed by atoms with van der Waals surface area (Å²) in [5.74, 6) is -0.438. The Morgan fingerprint density at radius 2 is 1.95 bits per heavy atom. The summed E-state index contributed by atoms with van der Waals surface area (Å²) in [5.41, 5.74) is 5.69. The van der Waals surface area contributed by atoms with Gasteiger partial charge in [0, 0.05) is 11.5 Å². The molecule has 8 heteroatoms. The van der Waals surface area contributed by atoms with E-state index >= 15 is 0 Å². The van der Waals surface area contributed by atoms with Gasteiger partial charge in [0.25, 0.3) is 11.0 Å². The lowest BCUT2D eigenvalue weighted by Gasteiger charge is -2.29. The van der Waals surface area contributed by atoms with Crippen LogP contribution in [-0.4, -0.2) is 22.5 Å². The lowest BCUT2D eigenvalue weighted by Crippen LogP contribution is -2.30. The van der Waals surface area contributed by atoms with E-state index in [1.54, 1.807) is 0 Å². The van der Waals surface area contributed by atoms with Gasteiger partial charge < -0.3 is 10.5 Å². The molecule has 0 spiro atoms. The fraction of sp³-hybridized carbons (Fsp3) is 0.818. The van der Waals surface area contributed by atoms with Crippen molar-refractivity contribution in [2.45, 2.75) is 31.9 Å². The predicted molar refractivity (Wildman–Crippen MR) is 64.9 cm³/mol. The average Bonchev–Trinajstić information content (AvgIpc) is 2.85. The fourth-order valence-corrected chi connectivity index (χ4v) is 2.93. The normalized spacial score (nSPS) is 24.4. The van der Waals surface area contributed by atoms with Crippen molar-refractivity contribution < 1.29 is 17.9 Å². The summed E-state index contributed by atoms with van der Waals surface area (Å²) in [7, 11) is 0. The summed E-state index contributed by atoms with van der Waals surface area (Å²) < 4.78 is 45.6. The van der Waals surface area contributed by atoms with Crippen molar-refractivity contribution in [3.05, 3.63) is 5.82 Å². The molecule has 1 heterocycles. The molecule has 0 amide bonds. The molecule has 1 aliphatic rings. The topological polar surface area (TPSA) is 61.0 Å². The Labute approximate surface area is 113 Å². The molecule has 0 saturated heterocycles. The highest BCUT2D eigenvalue weighted by molar-refractivity contribution is 7.07. The van der Waals surface area contributed by atoms with Gasteiger partial charge in [-0.15, -0.1) is 0 Å². The van der Waals surface area contributed by atoms with E-state index in [4.69, 9.17) is 10.5 Å². The first kappa shape index (κ1) is 14.5. The minimum atomic E-state index is -4.51. The Bertz CT molecular complexity index is 410. The maximum Gasteiger partial charge on any atom is 0.452 e. The van der Waals surface area contributed by atoms with Gasteiger partial charge in [-0.3, -0.25) is 0 Å². The second-order valence-electron chi connectivity index (χ2n) is 4.73. The van der Waals surface area contributed by atoms with E-state index in [1.165, 1.54) is 0 Å². The van der Waals surface area contributed by atoms with E-state index < -0.39 is 12.0 Å². The molecule has 0 aromatic carbocycles. The van der Waals surface area contributed by atoms with Crippen LogP contribution in [0.4, 0.5) is 13.2 Å². The van der Waals surface area contributed by atoms with Crippen LogP contribution in [0.25, 0.3) is 0 Å². The Hall–Kier alpha value is -0.890. The van der Waals surface area contributed by atoms with Gasteiger partial charge in [-0.25, -0.2) is 0 Å². The van der Waals surface area contributed by atoms with Gasteiger partial charge in [-0.05, 0) is 31.2 Å². The standard InChI is InChI=1S/C11H16F3N3OS/c12-11(13,14)9-16-10(19-17-9)18-6-8-4-2-1-3-7(8)5-15/h7-8H,1-6,15H2. The highest BCUT2D eigenvalue weighted by Crippen LogP contribution is 2.32. The Morgan fingerprint density at radius 1 is 1.26 bits per heavy atom. The maximum absolute atomic E-state index is 12.3. The van der Waals surface area contributed by atoms with E-state index in [-0.39, 0.29) is 5.19 Å². The lowest BCUT2D eigenvalue weighted by molar-refractivity contribution is -0.144. The Balaban J connectivity index is 1.89. The van der Waals surface area contributed by atoms with Crippen LogP contribution < -0.4 is 10.5 Å². The molecule has 1 fully saturated rings. The quantitative estimate of drug-likeness (QED) is 0.927. The van der Waals surface area contributed by atoms with Gasteiger partial charge in [-0.1, -0.05) is 12.8 Å². The molecule has 0 aliphatic heterocycles. The van der Waals surface area contributed by atoms with Crippen molar-refractivity contribution >= 4 is 11.5 Å². The first-order valence-electron chi connectivity index (χ1n) is 6.24. The van der Waals surface area contributed by atoms with E-state index in [9.17, 15) is 13.2 Å². The molecule has 0 bridgehead atoms. The summed E-state index contributed by atoms with van der Waals surface area (Å²) in [6.45, 7) is 0.965. The zero-order valence-electron chi connectivity index (χ0n) is 10.3. The van der Waals surface area contributed by atoms with Gasteiger partial charge in [0.05, 0.1) is 6.61 Å². The molecule has 0 radical (unpaired) electrons. The zero-order valence-corrected chi connectivity index (χ0v) is 11.1. The zero-order chi connectivity index (χ0) is 13.9. The number of nitrogens with two attached hydrogens (primary N) is 1. The molecule has 1 aromatic heterocycles. The Morgan fingerprint density at radius 3 is 2.53 bits per heavy atom. The highest BCUT2D eigenvalue weighted by Gasteiger charge is 2.36. The molecule has 1 aliphatic carbocycles. The summed E-state index contributed by atoms with van der Waals surface area (Å²) in [5, 5.41) is -0.0198. The Kier molecular flexibility index (Phi) is 4.62. The molecular weight excluding hydrogens is 279 g/mol. The van der Waals surface area contributed by atoms with Crippen molar-refractivity contribution in [1.29, 1.82) is 0 Å². The first-order valence-corrected chi connectivity index (χ1v) is 7.02. The number of aromatic nitrogens is 2. The summed E-state index contributed by atoms with van der Waals surface area (Å²) >= 11 is 0.639. The third kappa shape index (κ3) is 3.79. The smallest absolute Gasteiger partial charge is 0.452 e. The van der Waals surface area contributed by atoms with E-state index in [2.05, 4.69) is 9.36 Å². The summed E-state index contributed by atoms with van der Waals surface area (Å²) in [6, 6.07) is 0. The van der Waals surface area contributed by atoms with Crippen LogP contribution in [-0.2, 0) is 6.18 Å². The van der Waals surface area contributed by atoms with Crippen molar-refractivity contribution in [2.75, 3.05) is 13.2 Å². The maximum atomic E-state index is 12.3. The van der Waals surface area contributed by atoms with Crippen molar-refractivity contribution in [3.8, 4) is 5.19 Å². The number of nitrogens with zero attached hydrogens (tertiary/aromatic N) is 2. The molecule has 2 unspecified atom stereocenters. The van der Waals surface area contributed by atoms with Crippen molar-refractivity contribution in [1.82, 2.24) is 9.36 Å². The average molecular weight is 295 g/mol. The van der Waals surface area contributed by atoms with Crippen LogP contribution in [0.3, 0.4) is 0 Å². The number of halogens is 3. The van der Waals surface area contributed by atoms with Gasteiger partial charge in [-0.2, -0.15) is 22.5 Å². The van der Waals surface area contributed by atoms with E-state index in [1.807, 2.05) is 0 Å². The van der Waals surface area contributed by atoms with Crippen LogP contribution in [0.2, 0.25) is 0 Å². The van der Waals surface area contributed by atoms with Crippen LogP contribution >= 0.6 is 11.5 Å². The second kappa shape index (κ2) is 6.04. The van der Waals surface area contributed by atoms with Crippen LogP contribution in [0.1, 0.15) is 31.5 Å². The summed E-state index contributed by atoms with van der Waals surface area (Å²) in [4.78, 5) is 3.35. The van der Waals surface area contributed by atoms with Gasteiger partial charge in [0.2, 0.25) is 0 Å². The largest absolute Gasteiger partial charge is 0.469 e. The molecule has 19 heavy (non-hydrogen) atoms. The fourth-order valence-electron chi connectivity index (χ4n) is 2.38. The minimum absolute atomic E-state index is 0.0198. The third-order valence-electron chi connectivity index (χ3n) is 3.45.